The molecule has 1 rings (SSSR count). The summed E-state index contributed by atoms with van der Waals surface area (Å²) in [6.45, 7) is 6.29. The van der Waals surface area contributed by atoms with Gasteiger partial charge in [-0.2, -0.15) is 0 Å². The number of nitrogens with one attached hydrogen (secondary N) is 1. The summed E-state index contributed by atoms with van der Waals surface area (Å²) >= 11 is 0. The third-order valence-corrected chi connectivity index (χ3v) is 1.53. The molecule has 0 saturated heterocycles. The molecular weight excluding hydrogens is 150 g/mol. The second-order valence-corrected chi connectivity index (χ2v) is 2.56. The zero-order valence-corrected chi connectivity index (χ0v) is 7.13. The first kappa shape index (κ1) is 8.78. The fraction of sp³-hybridized carbons (Fsp3) is 0.200. The van der Waals surface area contributed by atoms with Crippen molar-refractivity contribution < 1.29 is 4.79 Å². The van der Waals surface area contributed by atoms with Crippen molar-refractivity contribution >= 4 is 5.91 Å². The summed E-state index contributed by atoms with van der Waals surface area (Å²) in [5.41, 5.74) is 1.53. The number of benzene rings is 1. The van der Waals surface area contributed by atoms with Gasteiger partial charge in [0.2, 0.25) is 0 Å². The highest BCUT2D eigenvalue weighted by molar-refractivity contribution is 5.94. The van der Waals surface area contributed by atoms with Crippen molar-refractivity contribution in [3.05, 3.63) is 42.3 Å². The monoisotopic (exact) mass is 162 g/mol. The molecule has 0 heterocycles. The Kier molecular flexibility index (Phi) is 2.86. The summed E-state index contributed by atoms with van der Waals surface area (Å²) in [7, 11) is 0. The molecule has 2 nitrogen and oxygen atoms in total. The lowest BCUT2D eigenvalue weighted by Crippen LogP contribution is -2.22. The van der Waals surface area contributed by atoms with Gasteiger partial charge in [0.05, 0.1) is 0 Å². The molecule has 1 aromatic carbocycles. The van der Waals surface area contributed by atoms with E-state index >= 15 is 0 Å². The summed E-state index contributed by atoms with van der Waals surface area (Å²) < 4.78 is 0. The van der Waals surface area contributed by atoms with Crippen LogP contribution in [0.5, 0.6) is 0 Å². The van der Waals surface area contributed by atoms with E-state index in [9.17, 15) is 4.79 Å². The molecule has 0 aliphatic carbocycles. The Morgan fingerprint density at radius 3 is 2.92 bits per heavy atom. The Balaban J connectivity index is 2.81. The van der Waals surface area contributed by atoms with Gasteiger partial charge in [-0.15, -0.1) is 0 Å². The minimum absolute atomic E-state index is 0.0389. The van der Waals surface area contributed by atoms with E-state index in [1.54, 1.807) is 12.1 Å². The number of hydrogen-bond acceptors (Lipinski definition) is 1. The molecule has 2 heteroatoms. The van der Waals surface area contributed by atoms with Gasteiger partial charge >= 0.3 is 0 Å². The number of amides is 1. The van der Waals surface area contributed by atoms with Crippen molar-refractivity contribution in [2.75, 3.05) is 6.54 Å². The second-order valence-electron chi connectivity index (χ2n) is 2.56. The zero-order valence-electron chi connectivity index (χ0n) is 7.13. The molecule has 0 saturated carbocycles. The van der Waals surface area contributed by atoms with Crippen molar-refractivity contribution in [2.24, 2.45) is 0 Å². The van der Waals surface area contributed by atoms with Crippen LogP contribution in [0.15, 0.2) is 24.3 Å². The summed E-state index contributed by atoms with van der Waals surface area (Å²) in [5, 5.41) is 2.72. The van der Waals surface area contributed by atoms with E-state index < -0.39 is 0 Å². The van der Waals surface area contributed by atoms with Crippen LogP contribution in [-0.2, 0) is 0 Å². The first-order valence-corrected chi connectivity index (χ1v) is 3.94. The first-order chi connectivity index (χ1) is 5.74. The maximum atomic E-state index is 11.3. The lowest BCUT2D eigenvalue weighted by atomic mass is 10.1. The predicted molar refractivity (Wildman–Crippen MR) is 48.9 cm³/mol. The van der Waals surface area contributed by atoms with Gasteiger partial charge in [0, 0.05) is 12.1 Å². The third kappa shape index (κ3) is 2.09. The molecule has 1 aromatic rings. The smallest absolute Gasteiger partial charge is 0.251 e. The average molecular weight is 162 g/mol. The van der Waals surface area contributed by atoms with E-state index in [0.29, 0.717) is 12.1 Å². The van der Waals surface area contributed by atoms with Crippen LogP contribution >= 0.6 is 0 Å². The predicted octanol–water partition coefficient (Wildman–Crippen LogP) is 1.62. The molecule has 0 spiro atoms. The molecule has 0 aliphatic rings. The summed E-state index contributed by atoms with van der Waals surface area (Å²) in [6, 6.07) is 7.24. The van der Waals surface area contributed by atoms with Crippen molar-refractivity contribution in [1.29, 1.82) is 0 Å². The van der Waals surface area contributed by atoms with Gasteiger partial charge in [-0.3, -0.25) is 4.79 Å². The molecule has 1 amide bonds. The Morgan fingerprint density at radius 2 is 2.33 bits per heavy atom. The van der Waals surface area contributed by atoms with Crippen molar-refractivity contribution in [3.63, 3.8) is 0 Å². The van der Waals surface area contributed by atoms with E-state index in [1.807, 2.05) is 19.1 Å². The van der Waals surface area contributed by atoms with Gasteiger partial charge in [0.15, 0.2) is 0 Å². The maximum absolute atomic E-state index is 11.3. The minimum atomic E-state index is -0.0389. The molecule has 0 aromatic heterocycles. The lowest BCUT2D eigenvalue weighted by molar-refractivity contribution is 0.0956. The van der Waals surface area contributed by atoms with Crippen molar-refractivity contribution in [1.82, 2.24) is 5.32 Å². The summed E-state index contributed by atoms with van der Waals surface area (Å²) in [6.07, 6.45) is 0. The van der Waals surface area contributed by atoms with Crippen LogP contribution in [-0.4, -0.2) is 12.5 Å². The Hall–Kier alpha value is -1.31. The van der Waals surface area contributed by atoms with Gasteiger partial charge in [0.25, 0.3) is 5.91 Å². The number of carbonyl (C=O) groups is 1. The molecular formula is C10H12NO. The van der Waals surface area contributed by atoms with Crippen LogP contribution in [0.25, 0.3) is 0 Å². The normalized spacial score (nSPS) is 9.50. The van der Waals surface area contributed by atoms with E-state index in [0.717, 1.165) is 5.56 Å². The van der Waals surface area contributed by atoms with Gasteiger partial charge in [0.1, 0.15) is 0 Å². The van der Waals surface area contributed by atoms with E-state index in [2.05, 4.69) is 12.2 Å². The molecule has 63 valence electrons. The quantitative estimate of drug-likeness (QED) is 0.703. The van der Waals surface area contributed by atoms with Crippen LogP contribution in [0.4, 0.5) is 0 Å². The highest BCUT2D eigenvalue weighted by Gasteiger charge is 2.01. The number of carbonyl (C=O) groups excluding carboxylic acids is 1. The molecule has 1 radical (unpaired) electrons. The van der Waals surface area contributed by atoms with Gasteiger partial charge in [-0.25, -0.2) is 0 Å². The van der Waals surface area contributed by atoms with Gasteiger partial charge < -0.3 is 5.32 Å². The molecule has 0 atom stereocenters. The molecule has 0 unspecified atom stereocenters. The van der Waals surface area contributed by atoms with Crippen LogP contribution < -0.4 is 5.32 Å². The van der Waals surface area contributed by atoms with Crippen LogP contribution in [0.3, 0.4) is 0 Å². The maximum Gasteiger partial charge on any atom is 0.251 e. The highest BCUT2D eigenvalue weighted by Crippen LogP contribution is 2.02. The molecule has 0 fully saturated rings. The van der Waals surface area contributed by atoms with E-state index in [-0.39, 0.29) is 5.91 Å². The highest BCUT2D eigenvalue weighted by atomic mass is 16.1. The fourth-order valence-electron chi connectivity index (χ4n) is 0.975. The summed E-state index contributed by atoms with van der Waals surface area (Å²) in [5.74, 6) is -0.0389. The molecule has 0 bridgehead atoms. The lowest BCUT2D eigenvalue weighted by Gasteiger charge is -2.01. The largest absolute Gasteiger partial charge is 0.352 e. The Labute approximate surface area is 72.6 Å². The second kappa shape index (κ2) is 3.90. The fourth-order valence-corrected chi connectivity index (χ4v) is 0.975. The van der Waals surface area contributed by atoms with E-state index in [1.165, 1.54) is 0 Å². The topological polar surface area (TPSA) is 29.1 Å². The minimum Gasteiger partial charge on any atom is -0.352 e. The summed E-state index contributed by atoms with van der Waals surface area (Å²) in [4.78, 5) is 11.3. The average Bonchev–Trinajstić information content (AvgIpc) is 2.05. The van der Waals surface area contributed by atoms with Crippen LogP contribution in [0.1, 0.15) is 22.8 Å². The SMILES string of the molecule is [CH2]c1cccc(C(=O)NCC)c1. The Morgan fingerprint density at radius 1 is 1.58 bits per heavy atom. The molecule has 12 heavy (non-hydrogen) atoms. The molecule has 1 N–H and O–H groups in total. The van der Waals surface area contributed by atoms with Crippen molar-refractivity contribution in [2.45, 2.75) is 6.92 Å². The van der Waals surface area contributed by atoms with Gasteiger partial charge in [-0.1, -0.05) is 12.1 Å². The van der Waals surface area contributed by atoms with Gasteiger partial charge in [-0.05, 0) is 31.5 Å². The van der Waals surface area contributed by atoms with Crippen LogP contribution in [0.2, 0.25) is 0 Å². The zero-order chi connectivity index (χ0) is 8.97. The first-order valence-electron chi connectivity index (χ1n) is 3.94. The number of rotatable bonds is 2. The number of hydrogen-bond donors (Lipinski definition) is 1. The van der Waals surface area contributed by atoms with E-state index in [4.69, 9.17) is 0 Å². The third-order valence-electron chi connectivity index (χ3n) is 1.53. The standard InChI is InChI=1S/C10H12NO/c1-3-11-10(12)9-6-4-5-8(2)7-9/h4-7H,2-3H2,1H3,(H,11,12). The molecule has 0 aliphatic heterocycles. The Bertz CT molecular complexity index is 281. The van der Waals surface area contributed by atoms with Crippen LogP contribution in [0, 0.1) is 6.92 Å². The van der Waals surface area contributed by atoms with Crippen molar-refractivity contribution in [3.8, 4) is 0 Å².